The van der Waals surface area contributed by atoms with Gasteiger partial charge in [0.15, 0.2) is 5.78 Å². The van der Waals surface area contributed by atoms with Crippen molar-refractivity contribution in [1.82, 2.24) is 0 Å². The van der Waals surface area contributed by atoms with Crippen LogP contribution in [0.3, 0.4) is 0 Å². The van der Waals surface area contributed by atoms with E-state index < -0.39 is 0 Å². The zero-order chi connectivity index (χ0) is 11.4. The Hall–Kier alpha value is -0.710. The van der Waals surface area contributed by atoms with Crippen molar-refractivity contribution in [2.24, 2.45) is 0 Å². The fourth-order valence-corrected chi connectivity index (χ4v) is 2.27. The summed E-state index contributed by atoms with van der Waals surface area (Å²) in [4.78, 5) is 12.5. The summed E-state index contributed by atoms with van der Waals surface area (Å²) >= 11 is 1.67. The zero-order valence-corrected chi connectivity index (χ0v) is 10.2. The summed E-state index contributed by atoms with van der Waals surface area (Å²) in [6.07, 6.45) is 1.07. The van der Waals surface area contributed by atoms with Gasteiger partial charge in [-0.15, -0.1) is 11.3 Å². The highest BCUT2D eigenvalue weighted by molar-refractivity contribution is 7.09. The number of thiophene rings is 1. The Morgan fingerprint density at radius 1 is 1.50 bits per heavy atom. The second kappa shape index (κ2) is 5.57. The highest BCUT2D eigenvalue weighted by Gasteiger charge is 2.41. The van der Waals surface area contributed by atoms with E-state index in [0.717, 1.165) is 6.42 Å². The van der Waals surface area contributed by atoms with Crippen molar-refractivity contribution in [2.45, 2.75) is 38.6 Å². The highest BCUT2D eigenvalue weighted by Crippen LogP contribution is 2.25. The molecule has 0 spiro atoms. The van der Waals surface area contributed by atoms with Crippen molar-refractivity contribution in [2.75, 3.05) is 6.61 Å². The molecule has 0 N–H and O–H groups in total. The van der Waals surface area contributed by atoms with E-state index in [1.807, 2.05) is 24.4 Å². The Bertz CT molecular complexity index is 334. The molecular formula is C12H16O3S. The first-order valence-corrected chi connectivity index (χ1v) is 6.47. The van der Waals surface area contributed by atoms with Crippen molar-refractivity contribution in [3.63, 3.8) is 0 Å². The zero-order valence-electron chi connectivity index (χ0n) is 9.35. The van der Waals surface area contributed by atoms with Gasteiger partial charge in [-0.2, -0.15) is 0 Å². The predicted molar refractivity (Wildman–Crippen MR) is 62.6 cm³/mol. The Morgan fingerprint density at radius 2 is 2.38 bits per heavy atom. The van der Waals surface area contributed by atoms with E-state index in [1.165, 1.54) is 4.88 Å². The first kappa shape index (κ1) is 11.8. The van der Waals surface area contributed by atoms with Gasteiger partial charge in [0.05, 0.1) is 12.7 Å². The van der Waals surface area contributed by atoms with E-state index in [2.05, 4.69) is 0 Å². The van der Waals surface area contributed by atoms with Crippen LogP contribution in [0.4, 0.5) is 0 Å². The third-order valence-electron chi connectivity index (χ3n) is 2.58. The lowest BCUT2D eigenvalue weighted by atomic mass is 9.90. The second-order valence-electron chi connectivity index (χ2n) is 3.89. The van der Waals surface area contributed by atoms with E-state index in [1.54, 1.807) is 11.3 Å². The molecule has 0 amide bonds. The van der Waals surface area contributed by atoms with E-state index in [-0.39, 0.29) is 18.0 Å². The second-order valence-corrected chi connectivity index (χ2v) is 4.92. The van der Waals surface area contributed by atoms with Crippen molar-refractivity contribution < 1.29 is 14.3 Å². The van der Waals surface area contributed by atoms with Crippen LogP contribution >= 0.6 is 11.3 Å². The molecule has 2 atom stereocenters. The van der Waals surface area contributed by atoms with Gasteiger partial charge in [-0.25, -0.2) is 0 Å². The molecule has 88 valence electrons. The van der Waals surface area contributed by atoms with E-state index in [9.17, 15) is 4.79 Å². The first-order valence-electron chi connectivity index (χ1n) is 5.59. The molecule has 0 aromatic carbocycles. The standard InChI is InChI=1S/C12H16O3S/c1-2-5-14-12-10(13)7-11(12)15-8-9-4-3-6-16-9/h3-4,6,11-12H,2,5,7-8H2,1H3. The minimum absolute atomic E-state index is 0.0406. The van der Waals surface area contributed by atoms with Crippen molar-refractivity contribution in [3.05, 3.63) is 22.4 Å². The van der Waals surface area contributed by atoms with E-state index in [0.29, 0.717) is 19.6 Å². The lowest BCUT2D eigenvalue weighted by molar-refractivity contribution is -0.167. The molecule has 0 saturated heterocycles. The van der Waals surface area contributed by atoms with Crippen LogP contribution in [0.15, 0.2) is 17.5 Å². The predicted octanol–water partition coefficient (Wildman–Crippen LogP) is 2.40. The number of ether oxygens (including phenoxy) is 2. The summed E-state index contributed by atoms with van der Waals surface area (Å²) in [5.41, 5.74) is 0. The molecule has 16 heavy (non-hydrogen) atoms. The molecule has 2 unspecified atom stereocenters. The number of rotatable bonds is 6. The Kier molecular flexibility index (Phi) is 4.09. The quantitative estimate of drug-likeness (QED) is 0.766. The number of carbonyl (C=O) groups is 1. The highest BCUT2D eigenvalue weighted by atomic mass is 32.1. The third kappa shape index (κ3) is 2.70. The normalized spacial score (nSPS) is 24.4. The minimum atomic E-state index is -0.320. The minimum Gasteiger partial charge on any atom is -0.369 e. The molecule has 1 aliphatic carbocycles. The smallest absolute Gasteiger partial charge is 0.166 e. The summed E-state index contributed by atoms with van der Waals surface area (Å²) < 4.78 is 11.1. The number of ketones is 1. The number of carbonyl (C=O) groups excluding carboxylic acids is 1. The van der Waals surface area contributed by atoms with Crippen LogP contribution in [0.2, 0.25) is 0 Å². The van der Waals surface area contributed by atoms with Gasteiger partial charge in [0, 0.05) is 17.9 Å². The molecule has 1 aliphatic rings. The number of hydrogen-bond acceptors (Lipinski definition) is 4. The maximum Gasteiger partial charge on any atom is 0.166 e. The summed E-state index contributed by atoms with van der Waals surface area (Å²) in [7, 11) is 0. The van der Waals surface area contributed by atoms with Gasteiger partial charge >= 0.3 is 0 Å². The summed E-state index contributed by atoms with van der Waals surface area (Å²) in [6, 6.07) is 4.04. The van der Waals surface area contributed by atoms with Gasteiger partial charge < -0.3 is 9.47 Å². The van der Waals surface area contributed by atoms with Gasteiger partial charge in [0.2, 0.25) is 0 Å². The Morgan fingerprint density at radius 3 is 3.00 bits per heavy atom. The SMILES string of the molecule is CCCOC1C(=O)CC1OCc1cccs1. The number of hydrogen-bond donors (Lipinski definition) is 0. The topological polar surface area (TPSA) is 35.5 Å². The van der Waals surface area contributed by atoms with Crippen LogP contribution in [0.1, 0.15) is 24.6 Å². The molecule has 0 bridgehead atoms. The molecule has 0 radical (unpaired) electrons. The lowest BCUT2D eigenvalue weighted by Gasteiger charge is -2.34. The van der Waals surface area contributed by atoms with Crippen LogP contribution in [-0.4, -0.2) is 24.6 Å². The van der Waals surface area contributed by atoms with Gasteiger partial charge in [-0.05, 0) is 17.9 Å². The maximum absolute atomic E-state index is 11.3. The van der Waals surface area contributed by atoms with Gasteiger partial charge in [-0.1, -0.05) is 13.0 Å². The third-order valence-corrected chi connectivity index (χ3v) is 3.43. The van der Waals surface area contributed by atoms with Crippen LogP contribution in [0, 0.1) is 0 Å². The van der Waals surface area contributed by atoms with Gasteiger partial charge in [0.25, 0.3) is 0 Å². The summed E-state index contributed by atoms with van der Waals surface area (Å²) in [6.45, 7) is 3.25. The van der Waals surface area contributed by atoms with E-state index >= 15 is 0 Å². The fourth-order valence-electron chi connectivity index (χ4n) is 1.64. The number of Topliss-reactive ketones (excluding diaryl/α,β-unsaturated/α-hetero) is 1. The Balaban J connectivity index is 1.75. The lowest BCUT2D eigenvalue weighted by Crippen LogP contribution is -2.50. The molecule has 1 heterocycles. The van der Waals surface area contributed by atoms with Gasteiger partial charge in [-0.3, -0.25) is 4.79 Å². The largest absolute Gasteiger partial charge is 0.369 e. The van der Waals surface area contributed by atoms with Crippen molar-refractivity contribution >= 4 is 17.1 Å². The molecule has 1 saturated carbocycles. The summed E-state index contributed by atoms with van der Waals surface area (Å²) in [5.74, 6) is 0.171. The van der Waals surface area contributed by atoms with Crippen LogP contribution in [0.25, 0.3) is 0 Å². The Labute approximate surface area is 99.4 Å². The average Bonchev–Trinajstić information content (AvgIpc) is 2.77. The molecule has 2 rings (SSSR count). The molecule has 1 fully saturated rings. The fraction of sp³-hybridized carbons (Fsp3) is 0.583. The van der Waals surface area contributed by atoms with Crippen LogP contribution in [-0.2, 0) is 20.9 Å². The van der Waals surface area contributed by atoms with Crippen molar-refractivity contribution in [3.8, 4) is 0 Å². The van der Waals surface area contributed by atoms with Crippen LogP contribution < -0.4 is 0 Å². The van der Waals surface area contributed by atoms with Crippen molar-refractivity contribution in [1.29, 1.82) is 0 Å². The molecule has 1 aromatic heterocycles. The molecule has 3 nitrogen and oxygen atoms in total. The van der Waals surface area contributed by atoms with E-state index in [4.69, 9.17) is 9.47 Å². The molecule has 4 heteroatoms. The maximum atomic E-state index is 11.3. The average molecular weight is 240 g/mol. The first-order chi connectivity index (χ1) is 7.81. The molecule has 1 aromatic rings. The monoisotopic (exact) mass is 240 g/mol. The molecular weight excluding hydrogens is 224 g/mol. The summed E-state index contributed by atoms with van der Waals surface area (Å²) in [5, 5.41) is 2.02. The molecule has 0 aliphatic heterocycles. The van der Waals surface area contributed by atoms with Crippen LogP contribution in [0.5, 0.6) is 0 Å². The van der Waals surface area contributed by atoms with Gasteiger partial charge in [0.1, 0.15) is 6.10 Å².